The predicted octanol–water partition coefficient (Wildman–Crippen LogP) is 6.73. The van der Waals surface area contributed by atoms with E-state index in [1.165, 1.54) is 60.7 Å². The molecule has 2 aliphatic rings. The molecule has 4 heterocycles. The van der Waals surface area contributed by atoms with Crippen LogP contribution < -0.4 is 0 Å². The molecule has 35 heavy (non-hydrogen) atoms. The van der Waals surface area contributed by atoms with Crippen LogP contribution in [0.1, 0.15) is 22.3 Å². The van der Waals surface area contributed by atoms with Gasteiger partial charge >= 0.3 is 0 Å². The first-order valence-electron chi connectivity index (χ1n) is 12.0. The maximum Gasteiger partial charge on any atom is 0.165 e. The van der Waals surface area contributed by atoms with Gasteiger partial charge < -0.3 is 0 Å². The zero-order valence-corrected chi connectivity index (χ0v) is 18.8. The highest BCUT2D eigenvalue weighted by Gasteiger charge is 2.28. The summed E-state index contributed by atoms with van der Waals surface area (Å²) in [5.74, 6) is 0. The van der Waals surface area contributed by atoms with Crippen molar-refractivity contribution in [3.8, 4) is 22.3 Å². The fourth-order valence-electron chi connectivity index (χ4n) is 6.47. The summed E-state index contributed by atoms with van der Waals surface area (Å²) in [5, 5.41) is 3.62. The summed E-state index contributed by atoms with van der Waals surface area (Å²) in [5.41, 5.74) is 14.9. The first-order valence-corrected chi connectivity index (χ1v) is 12.0. The molecule has 7 aromatic rings. The van der Waals surface area contributed by atoms with Gasteiger partial charge in [-0.3, -0.25) is 9.38 Å². The standard InChI is InChI=1S/C31H18N4/c1-2-5-21-17(4-1)12-19-15-25-20(14-24(19)21)13-18-7-8-23-22-9-11-32-16-27(22)35-30-26(6-3-10-33-30)34-31(35)29(23)28(18)25/h1-11,14-16H,12-13H2. The van der Waals surface area contributed by atoms with E-state index in [4.69, 9.17) is 9.97 Å². The van der Waals surface area contributed by atoms with Crippen molar-refractivity contribution in [1.29, 1.82) is 0 Å². The minimum atomic E-state index is 0.877. The second-order valence-corrected chi connectivity index (χ2v) is 9.71. The topological polar surface area (TPSA) is 43.1 Å². The molecule has 4 nitrogen and oxygen atoms in total. The van der Waals surface area contributed by atoms with E-state index in [1.807, 2.05) is 30.7 Å². The molecule has 0 spiro atoms. The van der Waals surface area contributed by atoms with Crippen LogP contribution in [0.3, 0.4) is 0 Å². The molecule has 0 fully saturated rings. The number of nitrogens with zero attached hydrogens (tertiary/aromatic N) is 4. The summed E-state index contributed by atoms with van der Waals surface area (Å²) >= 11 is 0. The van der Waals surface area contributed by atoms with Gasteiger partial charge in [-0.15, -0.1) is 0 Å². The maximum absolute atomic E-state index is 5.12. The van der Waals surface area contributed by atoms with Crippen LogP contribution in [-0.4, -0.2) is 19.4 Å². The van der Waals surface area contributed by atoms with Crippen LogP contribution in [0.4, 0.5) is 0 Å². The Morgan fingerprint density at radius 1 is 0.657 bits per heavy atom. The van der Waals surface area contributed by atoms with Crippen molar-refractivity contribution >= 4 is 38.5 Å². The summed E-state index contributed by atoms with van der Waals surface area (Å²) < 4.78 is 2.20. The van der Waals surface area contributed by atoms with Gasteiger partial charge in [0, 0.05) is 23.2 Å². The highest BCUT2D eigenvalue weighted by atomic mass is 15.1. The van der Waals surface area contributed by atoms with E-state index in [0.717, 1.165) is 35.2 Å². The van der Waals surface area contributed by atoms with Gasteiger partial charge in [0.05, 0.1) is 11.7 Å². The maximum atomic E-state index is 5.12. The van der Waals surface area contributed by atoms with Crippen molar-refractivity contribution in [1.82, 2.24) is 19.4 Å². The van der Waals surface area contributed by atoms with E-state index in [-0.39, 0.29) is 0 Å². The van der Waals surface area contributed by atoms with Crippen LogP contribution in [0.5, 0.6) is 0 Å². The van der Waals surface area contributed by atoms with Gasteiger partial charge in [-0.05, 0) is 93.1 Å². The Balaban J connectivity index is 1.45. The molecule has 0 saturated carbocycles. The van der Waals surface area contributed by atoms with Crippen LogP contribution in [0.15, 0.2) is 85.3 Å². The van der Waals surface area contributed by atoms with Crippen molar-refractivity contribution in [2.75, 3.05) is 0 Å². The van der Waals surface area contributed by atoms with Crippen LogP contribution in [0.2, 0.25) is 0 Å². The molecule has 4 aromatic heterocycles. The van der Waals surface area contributed by atoms with Gasteiger partial charge in [0.15, 0.2) is 5.65 Å². The minimum Gasteiger partial charge on any atom is -0.274 e. The molecule has 0 N–H and O–H groups in total. The molecule has 0 aliphatic heterocycles. The van der Waals surface area contributed by atoms with E-state index in [9.17, 15) is 0 Å². The highest BCUT2D eigenvalue weighted by molar-refractivity contribution is 6.19. The van der Waals surface area contributed by atoms with Crippen molar-refractivity contribution in [2.45, 2.75) is 12.8 Å². The Morgan fingerprint density at radius 2 is 1.54 bits per heavy atom. The Morgan fingerprint density at radius 3 is 2.54 bits per heavy atom. The third-order valence-electron chi connectivity index (χ3n) is 7.93. The Bertz CT molecular complexity index is 2070. The zero-order chi connectivity index (χ0) is 22.7. The fourth-order valence-corrected chi connectivity index (χ4v) is 6.47. The summed E-state index contributed by atoms with van der Waals surface area (Å²) in [6, 6.07) is 24.4. The summed E-state index contributed by atoms with van der Waals surface area (Å²) in [6.07, 6.45) is 7.61. The number of aromatic nitrogens is 4. The number of imidazole rings is 1. The predicted molar refractivity (Wildman–Crippen MR) is 140 cm³/mol. The number of hydrogen-bond acceptors (Lipinski definition) is 3. The van der Waals surface area contributed by atoms with Crippen LogP contribution in [-0.2, 0) is 12.8 Å². The second kappa shape index (κ2) is 6.10. The number of hydrogen-bond donors (Lipinski definition) is 0. The largest absolute Gasteiger partial charge is 0.274 e. The van der Waals surface area contributed by atoms with Crippen LogP contribution in [0, 0.1) is 0 Å². The van der Waals surface area contributed by atoms with Gasteiger partial charge in [0.2, 0.25) is 0 Å². The van der Waals surface area contributed by atoms with Crippen molar-refractivity contribution < 1.29 is 0 Å². The molecule has 0 atom stereocenters. The lowest BCUT2D eigenvalue weighted by molar-refractivity contribution is 1.22. The lowest BCUT2D eigenvalue weighted by atomic mass is 9.94. The fraction of sp³-hybridized carbons (Fsp3) is 0.0645. The van der Waals surface area contributed by atoms with E-state index in [1.54, 1.807) is 0 Å². The second-order valence-electron chi connectivity index (χ2n) is 9.71. The molecule has 2 aliphatic carbocycles. The molecule has 4 heteroatoms. The monoisotopic (exact) mass is 446 g/mol. The first kappa shape index (κ1) is 17.8. The first-order chi connectivity index (χ1) is 17.3. The minimum absolute atomic E-state index is 0.877. The summed E-state index contributed by atoms with van der Waals surface area (Å²) in [7, 11) is 0. The van der Waals surface area contributed by atoms with Gasteiger partial charge in [0.25, 0.3) is 0 Å². The molecule has 0 unspecified atom stereocenters. The molecule has 0 radical (unpaired) electrons. The molecular formula is C31H18N4. The summed E-state index contributed by atoms with van der Waals surface area (Å²) in [4.78, 5) is 14.3. The lowest BCUT2D eigenvalue weighted by Crippen LogP contribution is -1.95. The van der Waals surface area contributed by atoms with E-state index < -0.39 is 0 Å². The number of fused-ring (bicyclic) bond motifs is 15. The number of benzene rings is 3. The van der Waals surface area contributed by atoms with Gasteiger partial charge in [0.1, 0.15) is 11.2 Å². The van der Waals surface area contributed by atoms with Gasteiger partial charge in [-0.25, -0.2) is 9.97 Å². The van der Waals surface area contributed by atoms with Crippen LogP contribution >= 0.6 is 0 Å². The normalized spacial score (nSPS) is 13.5. The van der Waals surface area contributed by atoms with Crippen molar-refractivity contribution in [2.24, 2.45) is 0 Å². The zero-order valence-electron chi connectivity index (χ0n) is 18.8. The van der Waals surface area contributed by atoms with Crippen molar-refractivity contribution in [3.05, 3.63) is 108 Å². The highest BCUT2D eigenvalue weighted by Crippen LogP contribution is 2.48. The molecule has 0 saturated heterocycles. The van der Waals surface area contributed by atoms with Crippen LogP contribution in [0.25, 0.3) is 60.7 Å². The molecule has 0 bridgehead atoms. The SMILES string of the molecule is c1ccc2c(c1)Cc1cc3c(cc1-2)Cc1ccc2c4ccncc4n4c5ncccc5nc4c2c1-3. The molecular weight excluding hydrogens is 428 g/mol. The Labute approximate surface area is 200 Å². The summed E-state index contributed by atoms with van der Waals surface area (Å²) in [6.45, 7) is 0. The molecule has 3 aromatic carbocycles. The van der Waals surface area contributed by atoms with Gasteiger partial charge in [-0.2, -0.15) is 0 Å². The average molecular weight is 447 g/mol. The third-order valence-corrected chi connectivity index (χ3v) is 7.93. The lowest BCUT2D eigenvalue weighted by Gasteiger charge is -2.13. The van der Waals surface area contributed by atoms with E-state index in [2.05, 4.69) is 64.0 Å². The Hall–Kier alpha value is -4.57. The third kappa shape index (κ3) is 2.15. The molecule has 162 valence electrons. The van der Waals surface area contributed by atoms with E-state index >= 15 is 0 Å². The molecule has 0 amide bonds. The Kier molecular flexibility index (Phi) is 3.11. The number of pyridine rings is 3. The average Bonchev–Trinajstić information content (AvgIpc) is 3.58. The van der Waals surface area contributed by atoms with Gasteiger partial charge in [-0.1, -0.05) is 36.4 Å². The van der Waals surface area contributed by atoms with E-state index in [0.29, 0.717) is 0 Å². The quantitative estimate of drug-likeness (QED) is 0.243. The smallest absolute Gasteiger partial charge is 0.165 e. The molecule has 9 rings (SSSR count). The number of rotatable bonds is 0. The van der Waals surface area contributed by atoms with Crippen molar-refractivity contribution in [3.63, 3.8) is 0 Å².